The Kier molecular flexibility index (Phi) is 4.93. The van der Waals surface area contributed by atoms with Gasteiger partial charge in [-0.15, -0.1) is 0 Å². The van der Waals surface area contributed by atoms with Crippen LogP contribution in [0, 0.1) is 5.82 Å². The van der Waals surface area contributed by atoms with Gasteiger partial charge in [0.1, 0.15) is 11.5 Å². The van der Waals surface area contributed by atoms with E-state index in [1.165, 1.54) is 19.2 Å². The maximum absolute atomic E-state index is 15.1. The second kappa shape index (κ2) is 7.67. The lowest BCUT2D eigenvalue weighted by Crippen LogP contribution is -2.36. The average molecular weight is 438 g/mol. The number of ether oxygens (including phenoxy) is 1. The van der Waals surface area contributed by atoms with Crippen molar-refractivity contribution in [2.75, 3.05) is 44.0 Å². The van der Waals surface area contributed by atoms with Crippen molar-refractivity contribution in [3.63, 3.8) is 0 Å². The van der Waals surface area contributed by atoms with Gasteiger partial charge in [-0.1, -0.05) is 0 Å². The molecule has 1 saturated heterocycles. The number of nitrogens with two attached hydrogens (primary N) is 1. The van der Waals surface area contributed by atoms with Gasteiger partial charge in [0.25, 0.3) is 0 Å². The number of methoxy groups -OCH3 is 1. The van der Waals surface area contributed by atoms with Crippen LogP contribution in [0.25, 0.3) is 22.3 Å². The molecule has 1 aliphatic carbocycles. The Morgan fingerprint density at radius 1 is 1.19 bits per heavy atom. The number of hydrogen-bond donors (Lipinski definition) is 2. The zero-order chi connectivity index (χ0) is 22.5. The van der Waals surface area contributed by atoms with E-state index in [-0.39, 0.29) is 24.9 Å². The predicted octanol–water partition coefficient (Wildman–Crippen LogP) is 3.18. The lowest BCUT2D eigenvalue weighted by Gasteiger charge is -2.26. The van der Waals surface area contributed by atoms with E-state index in [0.717, 1.165) is 44.9 Å². The summed E-state index contributed by atoms with van der Waals surface area (Å²) in [5.41, 5.74) is 10.7. The van der Waals surface area contributed by atoms with Crippen LogP contribution in [0.3, 0.4) is 0 Å². The Morgan fingerprint density at radius 3 is 2.62 bits per heavy atom. The number of nitrogens with zero attached hydrogens (tertiary/aromatic N) is 4. The summed E-state index contributed by atoms with van der Waals surface area (Å²) in [7, 11) is 3.27. The van der Waals surface area contributed by atoms with E-state index in [9.17, 15) is 4.39 Å². The van der Waals surface area contributed by atoms with E-state index < -0.39 is 5.67 Å². The first-order chi connectivity index (χ1) is 15.5. The largest absolute Gasteiger partial charge is 0.467 e. The molecule has 0 radical (unpaired) electrons. The van der Waals surface area contributed by atoms with E-state index in [0.29, 0.717) is 19.4 Å². The van der Waals surface area contributed by atoms with E-state index in [1.54, 1.807) is 25.6 Å². The minimum Gasteiger partial charge on any atom is -0.467 e. The van der Waals surface area contributed by atoms with Crippen LogP contribution in [0.4, 0.5) is 20.2 Å². The third-order valence-corrected chi connectivity index (χ3v) is 6.34. The predicted molar refractivity (Wildman–Crippen MR) is 119 cm³/mol. The van der Waals surface area contributed by atoms with Crippen LogP contribution >= 0.6 is 0 Å². The molecule has 5 rings (SSSR count). The Bertz CT molecular complexity index is 1190. The number of nitrogens with one attached hydrogen (secondary N) is 1. The van der Waals surface area contributed by atoms with Gasteiger partial charge >= 0.3 is 6.01 Å². The van der Waals surface area contributed by atoms with Crippen molar-refractivity contribution < 1.29 is 13.5 Å². The Labute approximate surface area is 184 Å². The van der Waals surface area contributed by atoms with Gasteiger partial charge in [-0.25, -0.2) is 18.7 Å². The summed E-state index contributed by atoms with van der Waals surface area (Å²) < 4.78 is 34.7. The lowest BCUT2D eigenvalue weighted by atomic mass is 9.98. The first-order valence-electron chi connectivity index (χ1n) is 10.5. The summed E-state index contributed by atoms with van der Waals surface area (Å²) in [6.45, 7) is 0.609. The molecule has 7 nitrogen and oxygen atoms in total. The maximum atomic E-state index is 15.1. The van der Waals surface area contributed by atoms with Gasteiger partial charge in [-0.2, -0.15) is 0 Å². The van der Waals surface area contributed by atoms with Crippen molar-refractivity contribution in [3.05, 3.63) is 47.8 Å². The van der Waals surface area contributed by atoms with Crippen molar-refractivity contribution >= 4 is 11.4 Å². The lowest BCUT2D eigenvalue weighted by molar-refractivity contribution is 0.204. The molecule has 3 N–H and O–H groups in total. The molecule has 3 aromatic rings. The van der Waals surface area contributed by atoms with E-state index in [2.05, 4.69) is 15.3 Å². The van der Waals surface area contributed by atoms with Crippen molar-refractivity contribution in [2.45, 2.75) is 18.5 Å². The van der Waals surface area contributed by atoms with Crippen LogP contribution in [0.5, 0.6) is 6.01 Å². The van der Waals surface area contributed by atoms with Crippen LogP contribution < -0.4 is 20.7 Å². The van der Waals surface area contributed by atoms with Gasteiger partial charge in [-0.3, -0.25) is 4.98 Å². The highest BCUT2D eigenvalue weighted by Crippen LogP contribution is 2.49. The molecule has 1 atom stereocenters. The van der Waals surface area contributed by atoms with Crippen molar-refractivity contribution in [2.24, 2.45) is 5.73 Å². The molecule has 1 unspecified atom stereocenters. The molecular formula is C23H24F2N6O. The third kappa shape index (κ3) is 3.24. The van der Waals surface area contributed by atoms with Crippen LogP contribution in [-0.4, -0.2) is 54.4 Å². The van der Waals surface area contributed by atoms with Gasteiger partial charge in [0.15, 0.2) is 0 Å². The number of aromatic nitrogens is 3. The number of pyridine rings is 1. The highest BCUT2D eigenvalue weighted by atomic mass is 19.1. The molecule has 1 fully saturated rings. The molecule has 0 amide bonds. The van der Waals surface area contributed by atoms with E-state index >= 15 is 4.39 Å². The molecule has 0 spiro atoms. The second-order valence-corrected chi connectivity index (χ2v) is 8.23. The number of anilines is 2. The highest BCUT2D eigenvalue weighted by molar-refractivity contribution is 5.96. The summed E-state index contributed by atoms with van der Waals surface area (Å²) >= 11 is 0. The summed E-state index contributed by atoms with van der Waals surface area (Å²) in [4.78, 5) is 15.1. The molecule has 1 aliphatic heterocycles. The highest BCUT2D eigenvalue weighted by Gasteiger charge is 2.40. The first kappa shape index (κ1) is 20.6. The maximum Gasteiger partial charge on any atom is 0.316 e. The number of benzene rings is 1. The van der Waals surface area contributed by atoms with E-state index in [4.69, 9.17) is 15.5 Å². The number of fused-ring (bicyclic) bond motifs is 3. The van der Waals surface area contributed by atoms with Crippen molar-refractivity contribution in [3.8, 4) is 28.3 Å². The molecule has 0 saturated carbocycles. The molecule has 166 valence electrons. The minimum atomic E-state index is -1.47. The monoisotopic (exact) mass is 438 g/mol. The molecule has 1 aromatic carbocycles. The molecule has 2 aromatic heterocycles. The van der Waals surface area contributed by atoms with Gasteiger partial charge < -0.3 is 20.7 Å². The molecule has 2 aliphatic rings. The summed E-state index contributed by atoms with van der Waals surface area (Å²) in [6.07, 6.45) is 5.97. The Balaban J connectivity index is 1.74. The third-order valence-electron chi connectivity index (χ3n) is 6.34. The van der Waals surface area contributed by atoms with Crippen molar-refractivity contribution in [1.82, 2.24) is 15.0 Å². The molecule has 3 heterocycles. The van der Waals surface area contributed by atoms with Crippen LogP contribution in [0.15, 0.2) is 30.7 Å². The topological polar surface area (TPSA) is 89.2 Å². The fraction of sp³-hybridized carbons (Fsp3) is 0.348. The second-order valence-electron chi connectivity index (χ2n) is 8.23. The summed E-state index contributed by atoms with van der Waals surface area (Å²) in [5, 5.41) is 3.08. The molecule has 9 heteroatoms. The SMILES string of the molecule is CNc1cc(F)cc2c1Cc1ncc(-c3cnc(OC)nc3)c(N3CCC(F)(CN)C3)c1-2. The van der Waals surface area contributed by atoms with Crippen LogP contribution in [-0.2, 0) is 6.42 Å². The molecular weight excluding hydrogens is 414 g/mol. The number of hydrogen-bond acceptors (Lipinski definition) is 7. The molecule has 0 bridgehead atoms. The normalized spacial score (nSPS) is 19.1. The molecule has 32 heavy (non-hydrogen) atoms. The standard InChI is InChI=1S/C23H24F2N6O/c1-27-18-6-14(24)5-16-15(18)7-19-20(16)21(31-4-3-23(25,11-26)12-31)17(10-28-19)13-8-29-22(32-2)30-9-13/h5-6,8-10,27H,3-4,7,11-12,26H2,1-2H3. The van der Waals surface area contributed by atoms with Gasteiger partial charge in [0.2, 0.25) is 0 Å². The van der Waals surface area contributed by atoms with Crippen LogP contribution in [0.2, 0.25) is 0 Å². The number of halogens is 2. The van der Waals surface area contributed by atoms with Crippen LogP contribution in [0.1, 0.15) is 17.7 Å². The number of rotatable bonds is 5. The minimum absolute atomic E-state index is 0.0487. The Hall–Kier alpha value is -3.33. The van der Waals surface area contributed by atoms with Gasteiger partial charge in [-0.05, 0) is 23.3 Å². The summed E-state index contributed by atoms with van der Waals surface area (Å²) in [5.74, 6) is -0.340. The van der Waals surface area contributed by atoms with Crippen molar-refractivity contribution in [1.29, 1.82) is 0 Å². The fourth-order valence-corrected chi connectivity index (χ4v) is 4.69. The zero-order valence-electron chi connectivity index (χ0n) is 18.0. The van der Waals surface area contributed by atoms with Gasteiger partial charge in [0.05, 0.1) is 25.0 Å². The fourth-order valence-electron chi connectivity index (χ4n) is 4.69. The van der Waals surface area contributed by atoms with E-state index in [1.807, 2.05) is 4.90 Å². The van der Waals surface area contributed by atoms with Gasteiger partial charge in [0, 0.05) is 73.9 Å². The Morgan fingerprint density at radius 2 is 1.97 bits per heavy atom. The quantitative estimate of drug-likeness (QED) is 0.495. The summed E-state index contributed by atoms with van der Waals surface area (Å²) in [6, 6.07) is 3.27. The first-order valence-corrected chi connectivity index (χ1v) is 10.5. The zero-order valence-corrected chi connectivity index (χ0v) is 18.0. The number of alkyl halides is 1. The smallest absolute Gasteiger partial charge is 0.316 e. The average Bonchev–Trinajstić information content (AvgIpc) is 3.39.